The zero-order valence-electron chi connectivity index (χ0n) is 10.7. The van der Waals surface area contributed by atoms with Crippen molar-refractivity contribution < 1.29 is 9.53 Å². The topological polar surface area (TPSA) is 26.3 Å². The number of hydrogen-bond donors (Lipinski definition) is 0. The summed E-state index contributed by atoms with van der Waals surface area (Å²) in [5.74, 6) is 0.125. The van der Waals surface area contributed by atoms with Gasteiger partial charge in [0.05, 0.1) is 12.5 Å². The predicted octanol–water partition coefficient (Wildman–Crippen LogP) is 3.57. The highest BCUT2D eigenvalue weighted by atomic mass is 16.5. The van der Waals surface area contributed by atoms with Gasteiger partial charge in [0.25, 0.3) is 0 Å². The first kappa shape index (κ1) is 14.2. The summed E-state index contributed by atoms with van der Waals surface area (Å²) in [7, 11) is 0. The smallest absolute Gasteiger partial charge is 0.313 e. The first-order valence-corrected chi connectivity index (χ1v) is 5.80. The Morgan fingerprint density at radius 2 is 1.93 bits per heavy atom. The molecule has 1 atom stereocenters. The summed E-state index contributed by atoms with van der Waals surface area (Å²) in [5.41, 5.74) is 1.17. The van der Waals surface area contributed by atoms with Crippen LogP contribution in [0.15, 0.2) is 11.6 Å². The van der Waals surface area contributed by atoms with E-state index in [1.54, 1.807) is 0 Å². The molecular formula is C13H24O2. The van der Waals surface area contributed by atoms with E-state index in [1.807, 2.05) is 33.8 Å². The van der Waals surface area contributed by atoms with Gasteiger partial charge in [0.1, 0.15) is 0 Å². The van der Waals surface area contributed by atoms with Crippen LogP contribution in [0.1, 0.15) is 47.5 Å². The highest BCUT2D eigenvalue weighted by molar-refractivity contribution is 5.74. The van der Waals surface area contributed by atoms with Crippen LogP contribution in [0.5, 0.6) is 0 Å². The molecule has 0 aliphatic rings. The molecule has 0 saturated heterocycles. The molecule has 2 heteroatoms. The first-order valence-electron chi connectivity index (χ1n) is 5.80. The fraction of sp³-hybridized carbons (Fsp3) is 0.769. The van der Waals surface area contributed by atoms with Gasteiger partial charge in [-0.2, -0.15) is 0 Å². The van der Waals surface area contributed by atoms with Crippen LogP contribution in [0.4, 0.5) is 0 Å². The standard InChI is InChI=1S/C13H24O2/c1-6-7-8-15-13(14)12(11(4)5)9-10(2)3/h9,11-12H,6-8H2,1-5H3. The Morgan fingerprint density at radius 3 is 2.33 bits per heavy atom. The third kappa shape index (κ3) is 6.32. The molecule has 0 saturated carbocycles. The van der Waals surface area contributed by atoms with Crippen LogP contribution in [0.3, 0.4) is 0 Å². The summed E-state index contributed by atoms with van der Waals surface area (Å²) in [6, 6.07) is 0. The maximum atomic E-state index is 11.7. The number of hydrogen-bond acceptors (Lipinski definition) is 2. The van der Waals surface area contributed by atoms with E-state index in [4.69, 9.17) is 4.74 Å². The molecule has 0 spiro atoms. The van der Waals surface area contributed by atoms with Crippen molar-refractivity contribution >= 4 is 5.97 Å². The summed E-state index contributed by atoms with van der Waals surface area (Å²) in [4.78, 5) is 11.7. The van der Waals surface area contributed by atoms with E-state index in [0.717, 1.165) is 12.8 Å². The van der Waals surface area contributed by atoms with Gasteiger partial charge in [-0.05, 0) is 26.2 Å². The Bertz CT molecular complexity index is 213. The Hall–Kier alpha value is -0.790. The van der Waals surface area contributed by atoms with E-state index < -0.39 is 0 Å². The van der Waals surface area contributed by atoms with Crippen molar-refractivity contribution in [3.8, 4) is 0 Å². The monoisotopic (exact) mass is 212 g/mol. The summed E-state index contributed by atoms with van der Waals surface area (Å²) < 4.78 is 5.22. The van der Waals surface area contributed by atoms with Crippen LogP contribution in [0.2, 0.25) is 0 Å². The molecule has 0 aromatic rings. The lowest BCUT2D eigenvalue weighted by Crippen LogP contribution is -2.21. The van der Waals surface area contributed by atoms with Crippen molar-refractivity contribution in [2.75, 3.05) is 6.61 Å². The summed E-state index contributed by atoms with van der Waals surface area (Å²) in [6.07, 6.45) is 4.01. The molecule has 0 N–H and O–H groups in total. The number of esters is 1. The molecule has 15 heavy (non-hydrogen) atoms. The lowest BCUT2D eigenvalue weighted by atomic mass is 9.94. The minimum Gasteiger partial charge on any atom is -0.465 e. The lowest BCUT2D eigenvalue weighted by molar-refractivity contribution is -0.148. The fourth-order valence-corrected chi connectivity index (χ4v) is 1.31. The SMILES string of the molecule is CCCCOC(=O)C(C=C(C)C)C(C)C. The second-order valence-corrected chi connectivity index (χ2v) is 4.53. The number of ether oxygens (including phenoxy) is 1. The molecule has 0 aromatic carbocycles. The normalized spacial score (nSPS) is 12.4. The van der Waals surface area contributed by atoms with Gasteiger partial charge >= 0.3 is 5.97 Å². The lowest BCUT2D eigenvalue weighted by Gasteiger charge is -2.16. The van der Waals surface area contributed by atoms with Crippen LogP contribution in [0, 0.1) is 11.8 Å². The van der Waals surface area contributed by atoms with E-state index >= 15 is 0 Å². The molecule has 0 fully saturated rings. The molecule has 0 amide bonds. The maximum absolute atomic E-state index is 11.7. The quantitative estimate of drug-likeness (QED) is 0.382. The van der Waals surface area contributed by atoms with E-state index in [2.05, 4.69) is 6.92 Å². The van der Waals surface area contributed by atoms with Gasteiger partial charge in [0.2, 0.25) is 0 Å². The maximum Gasteiger partial charge on any atom is 0.313 e. The molecular weight excluding hydrogens is 188 g/mol. The summed E-state index contributed by atoms with van der Waals surface area (Å²) in [6.45, 7) is 10.7. The fourth-order valence-electron chi connectivity index (χ4n) is 1.31. The molecule has 0 aromatic heterocycles. The Kier molecular flexibility index (Phi) is 7.10. The Labute approximate surface area is 93.7 Å². The van der Waals surface area contributed by atoms with Crippen molar-refractivity contribution in [1.29, 1.82) is 0 Å². The van der Waals surface area contributed by atoms with Crippen molar-refractivity contribution in [3.05, 3.63) is 11.6 Å². The summed E-state index contributed by atoms with van der Waals surface area (Å²) in [5, 5.41) is 0. The molecule has 2 nitrogen and oxygen atoms in total. The van der Waals surface area contributed by atoms with Crippen molar-refractivity contribution in [2.24, 2.45) is 11.8 Å². The Morgan fingerprint density at radius 1 is 1.33 bits per heavy atom. The first-order chi connectivity index (χ1) is 6.99. The third-order valence-electron chi connectivity index (χ3n) is 2.25. The van der Waals surface area contributed by atoms with Gasteiger partial charge in [-0.1, -0.05) is 38.8 Å². The number of carbonyl (C=O) groups excluding carboxylic acids is 1. The average Bonchev–Trinajstić information content (AvgIpc) is 2.13. The molecule has 0 heterocycles. The van der Waals surface area contributed by atoms with Crippen LogP contribution < -0.4 is 0 Å². The zero-order valence-corrected chi connectivity index (χ0v) is 10.7. The number of allylic oxidation sites excluding steroid dienone is 1. The molecule has 88 valence electrons. The van der Waals surface area contributed by atoms with Gasteiger partial charge in [-0.25, -0.2) is 0 Å². The minimum atomic E-state index is -0.0909. The zero-order chi connectivity index (χ0) is 11.8. The van der Waals surface area contributed by atoms with Crippen LogP contribution in [0.25, 0.3) is 0 Å². The van der Waals surface area contributed by atoms with E-state index in [9.17, 15) is 4.79 Å². The highest BCUT2D eigenvalue weighted by Gasteiger charge is 2.20. The number of carbonyl (C=O) groups is 1. The van der Waals surface area contributed by atoms with Gasteiger partial charge < -0.3 is 4.74 Å². The van der Waals surface area contributed by atoms with Crippen LogP contribution in [-0.4, -0.2) is 12.6 Å². The van der Waals surface area contributed by atoms with E-state index in [-0.39, 0.29) is 11.9 Å². The van der Waals surface area contributed by atoms with Crippen LogP contribution in [-0.2, 0) is 9.53 Å². The summed E-state index contributed by atoms with van der Waals surface area (Å²) >= 11 is 0. The third-order valence-corrected chi connectivity index (χ3v) is 2.25. The van der Waals surface area contributed by atoms with Crippen molar-refractivity contribution in [2.45, 2.75) is 47.5 Å². The molecule has 0 rings (SSSR count). The molecule has 1 unspecified atom stereocenters. The molecule has 0 bridgehead atoms. The van der Waals surface area contributed by atoms with Crippen LogP contribution >= 0.6 is 0 Å². The number of rotatable bonds is 6. The molecule has 0 radical (unpaired) electrons. The van der Waals surface area contributed by atoms with Crippen molar-refractivity contribution in [1.82, 2.24) is 0 Å². The van der Waals surface area contributed by atoms with Gasteiger partial charge in [0.15, 0.2) is 0 Å². The van der Waals surface area contributed by atoms with E-state index in [0.29, 0.717) is 12.5 Å². The second kappa shape index (κ2) is 7.49. The van der Waals surface area contributed by atoms with Gasteiger partial charge in [-0.15, -0.1) is 0 Å². The largest absolute Gasteiger partial charge is 0.465 e. The Balaban J connectivity index is 4.24. The predicted molar refractivity (Wildman–Crippen MR) is 63.6 cm³/mol. The van der Waals surface area contributed by atoms with Crippen molar-refractivity contribution in [3.63, 3.8) is 0 Å². The molecule has 0 aliphatic heterocycles. The number of unbranched alkanes of at least 4 members (excludes halogenated alkanes) is 1. The highest BCUT2D eigenvalue weighted by Crippen LogP contribution is 2.16. The van der Waals surface area contributed by atoms with Gasteiger partial charge in [0, 0.05) is 0 Å². The van der Waals surface area contributed by atoms with Gasteiger partial charge in [-0.3, -0.25) is 4.79 Å². The second-order valence-electron chi connectivity index (χ2n) is 4.53. The van der Waals surface area contributed by atoms with E-state index in [1.165, 1.54) is 5.57 Å². The minimum absolute atomic E-state index is 0.0837. The average molecular weight is 212 g/mol. The molecule has 0 aliphatic carbocycles.